The summed E-state index contributed by atoms with van der Waals surface area (Å²) in [6.07, 6.45) is -8.41. The third-order valence-electron chi connectivity index (χ3n) is 3.46. The number of rotatable bonds is 5. The first-order valence-corrected chi connectivity index (χ1v) is 8.30. The fourth-order valence-electron chi connectivity index (χ4n) is 2.23. The van der Waals surface area contributed by atoms with Crippen LogP contribution in [0, 0.1) is 0 Å². The van der Waals surface area contributed by atoms with Crippen molar-refractivity contribution in [3.8, 4) is 17.5 Å². The predicted molar refractivity (Wildman–Crippen MR) is 91.8 cm³/mol. The highest BCUT2D eigenvalue weighted by atomic mass is 19.4. The van der Waals surface area contributed by atoms with E-state index in [1.54, 1.807) is 6.92 Å². The van der Waals surface area contributed by atoms with Crippen LogP contribution in [0.15, 0.2) is 36.5 Å². The van der Waals surface area contributed by atoms with Crippen LogP contribution in [0.25, 0.3) is 11.5 Å². The molecule has 158 valence electrons. The van der Waals surface area contributed by atoms with E-state index >= 15 is 0 Å². The molecule has 0 unspecified atom stereocenters. The highest BCUT2D eigenvalue weighted by molar-refractivity contribution is 5.57. The summed E-state index contributed by atoms with van der Waals surface area (Å²) in [7, 11) is 0. The molecule has 0 spiro atoms. The maximum Gasteiger partial charge on any atom is 0.433 e. The maximum absolute atomic E-state index is 12.9. The van der Waals surface area contributed by atoms with Crippen LogP contribution in [-0.2, 0) is 12.4 Å². The summed E-state index contributed by atoms with van der Waals surface area (Å²) in [5.74, 6) is -0.505. The predicted octanol–water partition coefficient (Wildman–Crippen LogP) is 4.51. The van der Waals surface area contributed by atoms with E-state index in [0.717, 1.165) is 24.4 Å². The number of alkyl halides is 6. The minimum atomic E-state index is -4.68. The zero-order chi connectivity index (χ0) is 21.9. The number of halogens is 6. The highest BCUT2D eigenvalue weighted by Crippen LogP contribution is 2.31. The molecule has 3 rings (SSSR count). The molecule has 3 heterocycles. The molecule has 13 heteroatoms. The zero-order valence-electron chi connectivity index (χ0n) is 15.1. The average Bonchev–Trinajstić information content (AvgIpc) is 2.67. The second kappa shape index (κ2) is 8.08. The molecule has 1 N–H and O–H groups in total. The number of nitrogens with one attached hydrogen (secondary N) is 1. The molecule has 0 bridgehead atoms. The van der Waals surface area contributed by atoms with Crippen molar-refractivity contribution in [2.75, 3.05) is 11.9 Å². The summed E-state index contributed by atoms with van der Waals surface area (Å²) in [6.45, 7) is 1.75. The van der Waals surface area contributed by atoms with Gasteiger partial charge in [0.15, 0.2) is 5.82 Å². The molecule has 30 heavy (non-hydrogen) atoms. The van der Waals surface area contributed by atoms with Crippen molar-refractivity contribution >= 4 is 11.6 Å². The van der Waals surface area contributed by atoms with Crippen molar-refractivity contribution in [3.63, 3.8) is 0 Å². The molecule has 0 aliphatic carbocycles. The lowest BCUT2D eigenvalue weighted by Gasteiger charge is -2.11. The first kappa shape index (κ1) is 21.2. The minimum Gasteiger partial charge on any atom is -0.464 e. The zero-order valence-corrected chi connectivity index (χ0v) is 15.1. The van der Waals surface area contributed by atoms with Crippen LogP contribution in [-0.4, -0.2) is 31.5 Å². The van der Waals surface area contributed by atoms with Gasteiger partial charge in [-0.3, -0.25) is 4.98 Å². The van der Waals surface area contributed by atoms with Crippen molar-refractivity contribution in [3.05, 3.63) is 47.9 Å². The van der Waals surface area contributed by atoms with Crippen molar-refractivity contribution < 1.29 is 31.1 Å². The topological polar surface area (TPSA) is 85.7 Å². The molecule has 0 saturated carbocycles. The van der Waals surface area contributed by atoms with Gasteiger partial charge in [-0.25, -0.2) is 4.98 Å². The number of ether oxygens (including phenoxy) is 1. The molecule has 0 amide bonds. The van der Waals surface area contributed by atoms with Gasteiger partial charge < -0.3 is 10.1 Å². The van der Waals surface area contributed by atoms with Gasteiger partial charge in [-0.2, -0.15) is 41.3 Å². The van der Waals surface area contributed by atoms with Crippen molar-refractivity contribution in [1.29, 1.82) is 0 Å². The number of anilines is 2. The third-order valence-corrected chi connectivity index (χ3v) is 3.46. The van der Waals surface area contributed by atoms with Gasteiger partial charge in [0.25, 0.3) is 0 Å². The van der Waals surface area contributed by atoms with Crippen LogP contribution in [0.2, 0.25) is 0 Å². The largest absolute Gasteiger partial charge is 0.464 e. The Hall–Kier alpha value is -3.51. The van der Waals surface area contributed by atoms with E-state index in [1.807, 2.05) is 0 Å². The van der Waals surface area contributed by atoms with Crippen molar-refractivity contribution in [2.45, 2.75) is 19.3 Å². The Kier molecular flexibility index (Phi) is 5.71. The molecular formula is C17H12F6N6O. The van der Waals surface area contributed by atoms with E-state index in [1.165, 1.54) is 12.1 Å². The highest BCUT2D eigenvalue weighted by Gasteiger charge is 2.33. The molecule has 0 aliphatic rings. The summed E-state index contributed by atoms with van der Waals surface area (Å²) in [6, 6.07) is 4.88. The number of hydrogen-bond donors (Lipinski definition) is 1. The molecule has 0 aromatic carbocycles. The van der Waals surface area contributed by atoms with E-state index in [4.69, 9.17) is 4.74 Å². The summed E-state index contributed by atoms with van der Waals surface area (Å²) in [5, 5.41) is 2.54. The first-order valence-electron chi connectivity index (χ1n) is 8.30. The smallest absolute Gasteiger partial charge is 0.433 e. The van der Waals surface area contributed by atoms with Crippen LogP contribution < -0.4 is 10.1 Å². The number of aromatic nitrogens is 5. The maximum atomic E-state index is 12.9. The normalized spacial score (nSPS) is 12.0. The van der Waals surface area contributed by atoms with Crippen LogP contribution in [0.4, 0.5) is 38.0 Å². The SMILES string of the molecule is CCOc1nc(Nc2ccnc(C(F)(F)F)c2)nc(-c2cccc(C(F)(F)F)n2)n1. The quantitative estimate of drug-likeness (QED) is 0.596. The third kappa shape index (κ3) is 5.10. The molecule has 3 aromatic rings. The molecule has 0 atom stereocenters. The summed E-state index contributed by atoms with van der Waals surface area (Å²) in [4.78, 5) is 18.5. The van der Waals surface area contributed by atoms with E-state index in [9.17, 15) is 26.3 Å². The Morgan fingerprint density at radius 2 is 1.63 bits per heavy atom. The Bertz CT molecular complexity index is 1040. The molecule has 0 aliphatic heterocycles. The van der Waals surface area contributed by atoms with Gasteiger partial charge in [0.1, 0.15) is 17.1 Å². The van der Waals surface area contributed by atoms with E-state index in [-0.39, 0.29) is 35.8 Å². The lowest BCUT2D eigenvalue weighted by molar-refractivity contribution is -0.141. The monoisotopic (exact) mass is 430 g/mol. The second-order valence-corrected chi connectivity index (χ2v) is 5.66. The molecule has 7 nitrogen and oxygen atoms in total. The summed E-state index contributed by atoms with van der Waals surface area (Å²) in [5.41, 5.74) is -2.57. The van der Waals surface area contributed by atoms with Gasteiger partial charge >= 0.3 is 18.4 Å². The van der Waals surface area contributed by atoms with Gasteiger partial charge in [0.05, 0.1) is 6.61 Å². The van der Waals surface area contributed by atoms with Gasteiger partial charge in [-0.15, -0.1) is 0 Å². The lowest BCUT2D eigenvalue weighted by atomic mass is 10.3. The van der Waals surface area contributed by atoms with Gasteiger partial charge in [0.2, 0.25) is 5.95 Å². The Balaban J connectivity index is 2.00. The van der Waals surface area contributed by atoms with E-state index in [0.29, 0.717) is 0 Å². The fraction of sp³-hybridized carbons (Fsp3) is 0.235. The Morgan fingerprint density at radius 1 is 0.900 bits per heavy atom. The number of pyridine rings is 2. The molecular weight excluding hydrogens is 418 g/mol. The average molecular weight is 430 g/mol. The standard InChI is InChI=1S/C17H12F6N6O/c1-2-30-15-28-13(10-4-3-5-11(26-10)16(18,19)20)27-14(29-15)25-9-6-7-24-12(8-9)17(21,22)23/h3-8H,2H2,1H3,(H,24,25,27,28,29). The summed E-state index contributed by atoms with van der Waals surface area (Å²) < 4.78 is 82.5. The molecule has 0 saturated heterocycles. The lowest BCUT2D eigenvalue weighted by Crippen LogP contribution is -2.10. The number of hydrogen-bond acceptors (Lipinski definition) is 7. The summed E-state index contributed by atoms with van der Waals surface area (Å²) >= 11 is 0. The number of nitrogens with zero attached hydrogens (tertiary/aromatic N) is 5. The second-order valence-electron chi connectivity index (χ2n) is 5.66. The van der Waals surface area contributed by atoms with Crippen LogP contribution in [0.5, 0.6) is 6.01 Å². The van der Waals surface area contributed by atoms with Gasteiger partial charge in [-0.05, 0) is 31.2 Å². The fourth-order valence-corrected chi connectivity index (χ4v) is 2.23. The van der Waals surface area contributed by atoms with Crippen LogP contribution in [0.3, 0.4) is 0 Å². The van der Waals surface area contributed by atoms with Crippen LogP contribution in [0.1, 0.15) is 18.3 Å². The Labute approximate surface area is 165 Å². The van der Waals surface area contributed by atoms with Crippen molar-refractivity contribution in [2.24, 2.45) is 0 Å². The van der Waals surface area contributed by atoms with E-state index in [2.05, 4.69) is 30.2 Å². The van der Waals surface area contributed by atoms with E-state index < -0.39 is 23.7 Å². The molecule has 0 fully saturated rings. The first-order chi connectivity index (χ1) is 14.1. The molecule has 0 radical (unpaired) electrons. The Morgan fingerprint density at radius 3 is 2.30 bits per heavy atom. The minimum absolute atomic E-state index is 0.0473. The van der Waals surface area contributed by atoms with Crippen LogP contribution >= 0.6 is 0 Å². The van der Waals surface area contributed by atoms with Crippen molar-refractivity contribution in [1.82, 2.24) is 24.9 Å². The van der Waals surface area contributed by atoms with Gasteiger partial charge in [-0.1, -0.05) is 6.07 Å². The molecule has 3 aromatic heterocycles. The van der Waals surface area contributed by atoms with Gasteiger partial charge in [0, 0.05) is 11.9 Å².